The fraction of sp³-hybridized carbons (Fsp3) is 0.0556. The standard InChI is InChI=1S/C18H12BrN5O3S/c1-11-15(18(25)23(22-11)14-5-2-12(19)3-6-14)9-21-13-4-7-17(28-10-20)16(8-13)24(26)27/h2-9,22H,1H3. The number of aromatic amines is 1. The number of hydrogen-bond acceptors (Lipinski definition) is 6. The number of nitro groups is 1. The molecule has 0 aliphatic carbocycles. The number of hydrogen-bond donors (Lipinski definition) is 1. The maximum atomic E-state index is 12.7. The number of nitro benzene ring substituents is 1. The number of nitriles is 1. The number of halogens is 1. The summed E-state index contributed by atoms with van der Waals surface area (Å²) in [7, 11) is 0. The molecule has 0 spiro atoms. The Morgan fingerprint density at radius 2 is 2.04 bits per heavy atom. The molecule has 3 aromatic rings. The van der Waals surface area contributed by atoms with Crippen LogP contribution in [-0.2, 0) is 0 Å². The highest BCUT2D eigenvalue weighted by Gasteiger charge is 2.15. The maximum Gasteiger partial charge on any atom is 0.286 e. The van der Waals surface area contributed by atoms with Crippen LogP contribution in [0.2, 0.25) is 0 Å². The lowest BCUT2D eigenvalue weighted by atomic mass is 10.2. The van der Waals surface area contributed by atoms with E-state index in [-0.39, 0.29) is 16.1 Å². The van der Waals surface area contributed by atoms with Crippen LogP contribution in [0.15, 0.2) is 61.6 Å². The second-order valence-corrected chi connectivity index (χ2v) is 7.37. The first-order valence-electron chi connectivity index (χ1n) is 7.86. The summed E-state index contributed by atoms with van der Waals surface area (Å²) in [6.07, 6.45) is 1.37. The highest BCUT2D eigenvalue weighted by molar-refractivity contribution is 9.10. The Morgan fingerprint density at radius 1 is 1.32 bits per heavy atom. The van der Waals surface area contributed by atoms with Crippen LogP contribution in [0.3, 0.4) is 0 Å². The molecule has 0 radical (unpaired) electrons. The molecule has 0 fully saturated rings. The lowest BCUT2D eigenvalue weighted by Gasteiger charge is -2.00. The Kier molecular flexibility index (Phi) is 5.77. The van der Waals surface area contributed by atoms with Crippen LogP contribution in [0.25, 0.3) is 5.69 Å². The van der Waals surface area contributed by atoms with Gasteiger partial charge in [-0.3, -0.25) is 25.0 Å². The highest BCUT2D eigenvalue weighted by atomic mass is 79.9. The van der Waals surface area contributed by atoms with Gasteiger partial charge in [-0.1, -0.05) is 15.9 Å². The number of benzene rings is 2. The Bertz CT molecular complexity index is 1180. The van der Waals surface area contributed by atoms with Gasteiger partial charge >= 0.3 is 0 Å². The van der Waals surface area contributed by atoms with E-state index in [0.29, 0.717) is 34.4 Å². The van der Waals surface area contributed by atoms with Gasteiger partial charge in [0, 0.05) is 22.4 Å². The number of thiocyanates is 1. The molecule has 10 heteroatoms. The monoisotopic (exact) mass is 457 g/mol. The molecule has 28 heavy (non-hydrogen) atoms. The summed E-state index contributed by atoms with van der Waals surface area (Å²) in [6.45, 7) is 1.74. The van der Waals surface area contributed by atoms with E-state index in [2.05, 4.69) is 26.0 Å². The van der Waals surface area contributed by atoms with Gasteiger partial charge in [0.2, 0.25) is 0 Å². The molecule has 1 N–H and O–H groups in total. The summed E-state index contributed by atoms with van der Waals surface area (Å²) < 4.78 is 2.30. The summed E-state index contributed by atoms with van der Waals surface area (Å²) in [6, 6.07) is 11.5. The van der Waals surface area contributed by atoms with Crippen molar-refractivity contribution in [3.05, 3.63) is 78.7 Å². The van der Waals surface area contributed by atoms with Crippen LogP contribution in [0.5, 0.6) is 0 Å². The quantitative estimate of drug-likeness (QED) is 0.199. The predicted octanol–water partition coefficient (Wildman–Crippen LogP) is 4.47. The van der Waals surface area contributed by atoms with Crippen molar-refractivity contribution in [3.8, 4) is 11.1 Å². The number of aromatic nitrogens is 2. The average Bonchev–Trinajstić information content (AvgIpc) is 2.95. The maximum absolute atomic E-state index is 12.7. The third kappa shape index (κ3) is 4.05. The van der Waals surface area contributed by atoms with Gasteiger partial charge in [-0.2, -0.15) is 5.26 Å². The zero-order valence-corrected chi connectivity index (χ0v) is 16.8. The molecule has 3 rings (SSSR count). The molecular formula is C18H12BrN5O3S. The van der Waals surface area contributed by atoms with Crippen LogP contribution in [-0.4, -0.2) is 20.9 Å². The van der Waals surface area contributed by atoms with Crippen LogP contribution < -0.4 is 5.56 Å². The zero-order chi connectivity index (χ0) is 20.3. The molecule has 0 bridgehead atoms. The molecule has 0 aliphatic heterocycles. The smallest absolute Gasteiger partial charge is 0.286 e. The average molecular weight is 458 g/mol. The molecular weight excluding hydrogens is 446 g/mol. The topological polar surface area (TPSA) is 117 Å². The number of aliphatic imine (C=N–C) groups is 1. The van der Waals surface area contributed by atoms with E-state index in [1.165, 1.54) is 23.0 Å². The van der Waals surface area contributed by atoms with Crippen molar-refractivity contribution in [1.82, 2.24) is 9.78 Å². The lowest BCUT2D eigenvalue weighted by Crippen LogP contribution is -2.17. The second-order valence-electron chi connectivity index (χ2n) is 5.63. The van der Waals surface area contributed by atoms with Crippen LogP contribution in [0.1, 0.15) is 11.3 Å². The van der Waals surface area contributed by atoms with Crippen LogP contribution >= 0.6 is 27.7 Å². The lowest BCUT2D eigenvalue weighted by molar-refractivity contribution is -0.387. The fourth-order valence-corrected chi connectivity index (χ4v) is 3.22. The summed E-state index contributed by atoms with van der Waals surface area (Å²) >= 11 is 4.06. The van der Waals surface area contributed by atoms with Crippen molar-refractivity contribution in [2.24, 2.45) is 4.99 Å². The molecule has 0 saturated heterocycles. The van der Waals surface area contributed by atoms with Gasteiger partial charge in [-0.15, -0.1) is 0 Å². The number of nitrogens with one attached hydrogen (secondary N) is 1. The van der Waals surface area contributed by atoms with Crippen molar-refractivity contribution >= 4 is 45.3 Å². The molecule has 0 unspecified atom stereocenters. The number of aryl methyl sites for hydroxylation is 1. The van der Waals surface area contributed by atoms with Crippen LogP contribution in [0, 0.1) is 27.7 Å². The number of nitrogens with zero attached hydrogens (tertiary/aromatic N) is 4. The van der Waals surface area contributed by atoms with Gasteiger partial charge in [0.25, 0.3) is 11.2 Å². The van der Waals surface area contributed by atoms with Gasteiger partial charge < -0.3 is 0 Å². The summed E-state index contributed by atoms with van der Waals surface area (Å²) in [5, 5.41) is 24.7. The van der Waals surface area contributed by atoms with Gasteiger partial charge in [-0.05, 0) is 55.1 Å². The van der Waals surface area contributed by atoms with Crippen molar-refractivity contribution in [3.63, 3.8) is 0 Å². The Morgan fingerprint density at radius 3 is 2.68 bits per heavy atom. The molecule has 2 aromatic carbocycles. The third-order valence-electron chi connectivity index (χ3n) is 3.84. The fourth-order valence-electron chi connectivity index (χ4n) is 2.49. The predicted molar refractivity (Wildman–Crippen MR) is 111 cm³/mol. The molecule has 8 nitrogen and oxygen atoms in total. The molecule has 0 atom stereocenters. The number of H-pyrrole nitrogens is 1. The number of thioether (sulfide) groups is 1. The molecule has 0 aliphatic rings. The number of rotatable bonds is 5. The summed E-state index contributed by atoms with van der Waals surface area (Å²) in [4.78, 5) is 27.7. The molecule has 0 saturated carbocycles. The van der Waals surface area contributed by atoms with E-state index in [9.17, 15) is 14.9 Å². The second kappa shape index (κ2) is 8.24. The molecule has 1 aromatic heterocycles. The first-order chi connectivity index (χ1) is 13.4. The van der Waals surface area contributed by atoms with Gasteiger partial charge in [-0.25, -0.2) is 4.68 Å². The van der Waals surface area contributed by atoms with E-state index < -0.39 is 4.92 Å². The summed E-state index contributed by atoms with van der Waals surface area (Å²) in [5.74, 6) is 0. The van der Waals surface area contributed by atoms with Gasteiger partial charge in [0.15, 0.2) is 0 Å². The van der Waals surface area contributed by atoms with E-state index in [1.54, 1.807) is 25.1 Å². The zero-order valence-electron chi connectivity index (χ0n) is 14.4. The molecule has 0 amide bonds. The SMILES string of the molecule is Cc1[nH]n(-c2ccc(Br)cc2)c(=O)c1C=Nc1ccc(SC#N)c([N+](=O)[O-])c1. The van der Waals surface area contributed by atoms with E-state index in [4.69, 9.17) is 5.26 Å². The summed E-state index contributed by atoms with van der Waals surface area (Å²) in [5.41, 5.74) is 1.45. The van der Waals surface area contributed by atoms with Crippen molar-refractivity contribution in [1.29, 1.82) is 5.26 Å². The van der Waals surface area contributed by atoms with Crippen molar-refractivity contribution in [2.75, 3.05) is 0 Å². The van der Waals surface area contributed by atoms with E-state index in [1.807, 2.05) is 17.5 Å². The molecule has 1 heterocycles. The van der Waals surface area contributed by atoms with Crippen LogP contribution in [0.4, 0.5) is 11.4 Å². The van der Waals surface area contributed by atoms with Gasteiger partial charge in [0.05, 0.1) is 21.9 Å². The minimum Gasteiger partial charge on any atom is -0.295 e. The van der Waals surface area contributed by atoms with E-state index in [0.717, 1.165) is 4.47 Å². The largest absolute Gasteiger partial charge is 0.295 e. The Balaban J connectivity index is 1.96. The van der Waals surface area contributed by atoms with Gasteiger partial charge in [0.1, 0.15) is 10.3 Å². The normalized spacial score (nSPS) is 10.9. The highest BCUT2D eigenvalue weighted by Crippen LogP contribution is 2.32. The van der Waals surface area contributed by atoms with Crippen molar-refractivity contribution in [2.45, 2.75) is 11.8 Å². The van der Waals surface area contributed by atoms with Crippen molar-refractivity contribution < 1.29 is 4.92 Å². The third-order valence-corrected chi connectivity index (χ3v) is 5.02. The Hall–Kier alpha value is -3.16. The molecule has 140 valence electrons. The van der Waals surface area contributed by atoms with E-state index >= 15 is 0 Å². The first kappa shape index (κ1) is 19.6. The Labute approximate surface area is 171 Å². The minimum atomic E-state index is -0.569. The first-order valence-corrected chi connectivity index (χ1v) is 9.47. The minimum absolute atomic E-state index is 0.209.